The fraction of sp³-hybridized carbons (Fsp3) is 0.214. The van der Waals surface area contributed by atoms with Gasteiger partial charge in [0, 0.05) is 23.7 Å². The molecule has 1 aliphatic heterocycles. The molecule has 1 amide bonds. The number of aryl methyl sites for hydroxylation is 1. The number of carbonyl (C=O) groups excluding carboxylic acids is 1. The first kappa shape index (κ1) is 26.7. The Bertz CT molecular complexity index is 1520. The summed E-state index contributed by atoms with van der Waals surface area (Å²) >= 11 is 13.1. The Hall–Kier alpha value is -3.38. The molecule has 9 heteroatoms. The molecule has 1 fully saturated rings. The van der Waals surface area contributed by atoms with Crippen LogP contribution in [-0.2, 0) is 24.4 Å². The fourth-order valence-corrected chi connectivity index (χ4v) is 5.56. The van der Waals surface area contributed by atoms with Gasteiger partial charge in [-0.05, 0) is 49.6 Å². The first-order chi connectivity index (χ1) is 17.7. The van der Waals surface area contributed by atoms with Gasteiger partial charge in [-0.15, -0.1) is 0 Å². The highest BCUT2D eigenvalue weighted by Gasteiger charge is 2.33. The number of hydrogen-bond donors (Lipinski definition) is 1. The summed E-state index contributed by atoms with van der Waals surface area (Å²) < 4.78 is 1.98. The van der Waals surface area contributed by atoms with Crippen LogP contribution >= 0.6 is 35.6 Å². The van der Waals surface area contributed by atoms with Crippen LogP contribution in [0.3, 0.4) is 0 Å². The smallest absolute Gasteiger partial charge is 0.270 e. The highest BCUT2D eigenvalue weighted by molar-refractivity contribution is 8.26. The number of nitrogens with zero attached hydrogens (tertiary/aromatic N) is 3. The molecule has 0 bridgehead atoms. The lowest BCUT2D eigenvalue weighted by Crippen LogP contribution is -2.28. The molecule has 0 spiro atoms. The molecule has 0 radical (unpaired) electrons. The molecule has 1 saturated heterocycles. The molecule has 1 N–H and O–H groups in total. The Morgan fingerprint density at radius 3 is 2.49 bits per heavy atom. The summed E-state index contributed by atoms with van der Waals surface area (Å²) in [6.45, 7) is 6.64. The number of pyridine rings is 1. The molecule has 2 aromatic carbocycles. The van der Waals surface area contributed by atoms with Crippen molar-refractivity contribution in [3.63, 3.8) is 0 Å². The average Bonchev–Trinajstić information content (AvgIpc) is 3.14. The van der Waals surface area contributed by atoms with Crippen LogP contribution in [0, 0.1) is 25.2 Å². The number of anilines is 1. The Morgan fingerprint density at radius 1 is 1.14 bits per heavy atom. The van der Waals surface area contributed by atoms with E-state index >= 15 is 0 Å². The van der Waals surface area contributed by atoms with Crippen LogP contribution in [0.1, 0.15) is 40.3 Å². The predicted octanol–water partition coefficient (Wildman–Crippen LogP) is 6.02. The van der Waals surface area contributed by atoms with E-state index in [1.54, 1.807) is 24.0 Å². The van der Waals surface area contributed by atoms with Crippen LogP contribution in [0.15, 0.2) is 58.2 Å². The van der Waals surface area contributed by atoms with E-state index < -0.39 is 0 Å². The molecule has 6 nitrogen and oxygen atoms in total. The monoisotopic (exact) mass is 548 g/mol. The van der Waals surface area contributed by atoms with Gasteiger partial charge in [-0.1, -0.05) is 83.6 Å². The van der Waals surface area contributed by atoms with Gasteiger partial charge >= 0.3 is 0 Å². The third kappa shape index (κ3) is 5.49. The molecule has 1 aromatic heterocycles. The van der Waals surface area contributed by atoms with Crippen molar-refractivity contribution < 1.29 is 4.79 Å². The van der Waals surface area contributed by atoms with Gasteiger partial charge in [0.1, 0.15) is 21.8 Å². The van der Waals surface area contributed by atoms with E-state index in [2.05, 4.69) is 5.32 Å². The van der Waals surface area contributed by atoms with E-state index in [1.165, 1.54) is 16.3 Å². The van der Waals surface area contributed by atoms with Crippen molar-refractivity contribution in [1.29, 1.82) is 5.26 Å². The number of benzene rings is 2. The van der Waals surface area contributed by atoms with Crippen LogP contribution in [-0.4, -0.2) is 19.7 Å². The van der Waals surface area contributed by atoms with E-state index in [9.17, 15) is 14.9 Å². The standard InChI is InChI=1S/C28H25ClN4O2S2/c1-4-32-25(31-15-20-7-5-6-8-23(20)29)21(18(3)22(14-30)26(32)34)13-24-27(35)33(28(36)37-24)16-19-11-9-17(2)10-12-19/h5-13,31H,4,15-16H2,1-3H3/b24-13+. The molecular formula is C28H25ClN4O2S2. The molecule has 0 unspecified atom stereocenters. The van der Waals surface area contributed by atoms with Gasteiger partial charge in [-0.2, -0.15) is 5.26 Å². The molecule has 1 aliphatic rings. The normalized spacial score (nSPS) is 14.4. The van der Waals surface area contributed by atoms with Gasteiger partial charge in [0.15, 0.2) is 0 Å². The molecule has 0 aliphatic carbocycles. The average molecular weight is 549 g/mol. The van der Waals surface area contributed by atoms with Crippen LogP contribution in [0.2, 0.25) is 5.02 Å². The van der Waals surface area contributed by atoms with Gasteiger partial charge < -0.3 is 5.32 Å². The molecule has 0 saturated carbocycles. The zero-order valence-electron chi connectivity index (χ0n) is 20.7. The topological polar surface area (TPSA) is 78.1 Å². The van der Waals surface area contributed by atoms with E-state index in [4.69, 9.17) is 23.8 Å². The third-order valence-electron chi connectivity index (χ3n) is 6.21. The van der Waals surface area contributed by atoms with Gasteiger partial charge in [-0.3, -0.25) is 19.1 Å². The summed E-state index contributed by atoms with van der Waals surface area (Å²) in [5, 5.41) is 13.7. The van der Waals surface area contributed by atoms with E-state index in [1.807, 2.05) is 62.4 Å². The lowest BCUT2D eigenvalue weighted by molar-refractivity contribution is -0.122. The number of thiocarbonyl (C=S) groups is 1. The van der Waals surface area contributed by atoms with Crippen molar-refractivity contribution in [3.05, 3.63) is 102 Å². The minimum absolute atomic E-state index is 0.0477. The lowest BCUT2D eigenvalue weighted by Gasteiger charge is -2.20. The molecule has 2 heterocycles. The largest absolute Gasteiger partial charge is 0.367 e. The number of nitrogens with one attached hydrogen (secondary N) is 1. The van der Waals surface area contributed by atoms with Crippen LogP contribution in [0.5, 0.6) is 0 Å². The second kappa shape index (κ2) is 11.3. The number of thioether (sulfide) groups is 1. The number of nitriles is 1. The number of rotatable bonds is 7. The Labute approximate surface area is 230 Å². The van der Waals surface area contributed by atoms with Gasteiger partial charge in [0.05, 0.1) is 11.4 Å². The lowest BCUT2D eigenvalue weighted by atomic mass is 10.0. The van der Waals surface area contributed by atoms with Gasteiger partial charge in [0.25, 0.3) is 11.5 Å². The van der Waals surface area contributed by atoms with Gasteiger partial charge in [0.2, 0.25) is 0 Å². The highest BCUT2D eigenvalue weighted by Crippen LogP contribution is 2.36. The van der Waals surface area contributed by atoms with Crippen molar-refractivity contribution in [1.82, 2.24) is 9.47 Å². The highest BCUT2D eigenvalue weighted by atomic mass is 35.5. The minimum Gasteiger partial charge on any atom is -0.367 e. The third-order valence-corrected chi connectivity index (χ3v) is 7.95. The second-order valence-corrected chi connectivity index (χ2v) is 10.7. The van der Waals surface area contributed by atoms with Gasteiger partial charge in [-0.25, -0.2) is 0 Å². The van der Waals surface area contributed by atoms with Crippen molar-refractivity contribution in [2.45, 2.75) is 40.4 Å². The maximum absolute atomic E-state index is 13.4. The maximum atomic E-state index is 13.4. The molecule has 0 atom stereocenters. The summed E-state index contributed by atoms with van der Waals surface area (Å²) in [6, 6.07) is 17.4. The zero-order valence-corrected chi connectivity index (χ0v) is 23.1. The van der Waals surface area contributed by atoms with Crippen LogP contribution in [0.4, 0.5) is 5.82 Å². The van der Waals surface area contributed by atoms with E-state index in [0.29, 0.717) is 50.8 Å². The van der Waals surface area contributed by atoms with E-state index in [0.717, 1.165) is 16.7 Å². The summed E-state index contributed by atoms with van der Waals surface area (Å²) in [7, 11) is 0. The number of aromatic nitrogens is 1. The number of amides is 1. The Morgan fingerprint density at radius 2 is 1.84 bits per heavy atom. The number of carbonyl (C=O) groups is 1. The quantitative estimate of drug-likeness (QED) is 0.287. The Balaban J connectivity index is 1.76. The molecule has 37 heavy (non-hydrogen) atoms. The maximum Gasteiger partial charge on any atom is 0.270 e. The van der Waals surface area contributed by atoms with Crippen molar-refractivity contribution in [2.75, 3.05) is 5.32 Å². The fourth-order valence-electron chi connectivity index (χ4n) is 4.12. The summed E-state index contributed by atoms with van der Waals surface area (Å²) in [6.07, 6.45) is 1.73. The van der Waals surface area contributed by atoms with Crippen molar-refractivity contribution in [2.24, 2.45) is 0 Å². The minimum atomic E-state index is -0.381. The Kier molecular flexibility index (Phi) is 8.18. The second-order valence-electron chi connectivity index (χ2n) is 8.62. The van der Waals surface area contributed by atoms with E-state index in [-0.39, 0.29) is 17.0 Å². The van der Waals surface area contributed by atoms with Crippen molar-refractivity contribution in [3.8, 4) is 6.07 Å². The summed E-state index contributed by atoms with van der Waals surface area (Å²) in [4.78, 5) is 28.5. The van der Waals surface area contributed by atoms with Crippen LogP contribution in [0.25, 0.3) is 6.08 Å². The number of halogens is 1. The molecule has 188 valence electrons. The van der Waals surface area contributed by atoms with Crippen LogP contribution < -0.4 is 10.9 Å². The number of hydrogen-bond acceptors (Lipinski definition) is 6. The predicted molar refractivity (Wildman–Crippen MR) is 155 cm³/mol. The SMILES string of the molecule is CCn1c(NCc2ccccc2Cl)c(/C=C2/SC(=S)N(Cc3ccc(C)cc3)C2=O)c(C)c(C#N)c1=O. The molecular weight excluding hydrogens is 524 g/mol. The zero-order chi connectivity index (χ0) is 26.7. The first-order valence-corrected chi connectivity index (χ1v) is 13.3. The molecule has 4 rings (SSSR count). The van der Waals surface area contributed by atoms with Crippen molar-refractivity contribution >= 4 is 57.7 Å². The summed E-state index contributed by atoms with van der Waals surface area (Å²) in [5.74, 6) is 0.313. The summed E-state index contributed by atoms with van der Waals surface area (Å²) in [5.41, 5.74) is 3.74. The molecule has 3 aromatic rings. The first-order valence-electron chi connectivity index (χ1n) is 11.7.